The first-order valence-corrected chi connectivity index (χ1v) is 7.50. The molecular weight excluding hydrogens is 300 g/mol. The van der Waals surface area contributed by atoms with Crippen LogP contribution < -0.4 is 4.90 Å². The summed E-state index contributed by atoms with van der Waals surface area (Å²) in [6, 6.07) is 2.76. The Bertz CT molecular complexity index is 384. The molecule has 2 heterocycles. The van der Waals surface area contributed by atoms with Gasteiger partial charge in [-0.3, -0.25) is 0 Å². The molecule has 0 spiro atoms. The Morgan fingerprint density at radius 3 is 3.12 bits per heavy atom. The molecule has 1 atom stereocenters. The first-order valence-electron chi connectivity index (χ1n) is 6.17. The third-order valence-electron chi connectivity index (χ3n) is 3.34. The summed E-state index contributed by atoms with van der Waals surface area (Å²) in [6.45, 7) is 3.26. The number of aryl methyl sites for hydroxylation is 1. The maximum atomic E-state index is 5.79. The van der Waals surface area contributed by atoms with Crippen LogP contribution in [0.1, 0.15) is 31.2 Å². The van der Waals surface area contributed by atoms with Crippen molar-refractivity contribution in [2.75, 3.05) is 17.3 Å². The zero-order valence-electron chi connectivity index (χ0n) is 10.1. The molecule has 1 aliphatic heterocycles. The standard InChI is InChI=1S/C13H18BrClN2/c1-10-8-11(14)9-16-13(10)17-7-3-5-12(17)4-2-6-15/h8-9,12H,2-7H2,1H3. The topological polar surface area (TPSA) is 16.1 Å². The molecule has 1 unspecified atom stereocenters. The van der Waals surface area contributed by atoms with E-state index >= 15 is 0 Å². The Morgan fingerprint density at radius 1 is 1.59 bits per heavy atom. The lowest BCUT2D eigenvalue weighted by molar-refractivity contribution is 0.597. The van der Waals surface area contributed by atoms with Crippen molar-refractivity contribution in [3.63, 3.8) is 0 Å². The van der Waals surface area contributed by atoms with Crippen LogP contribution in [0.5, 0.6) is 0 Å². The number of nitrogens with zero attached hydrogens (tertiary/aromatic N) is 2. The van der Waals surface area contributed by atoms with Gasteiger partial charge in [-0.15, -0.1) is 11.6 Å². The molecule has 0 radical (unpaired) electrons. The van der Waals surface area contributed by atoms with Crippen LogP contribution >= 0.6 is 27.5 Å². The van der Waals surface area contributed by atoms with E-state index in [1.54, 1.807) is 0 Å². The van der Waals surface area contributed by atoms with Crippen LogP contribution in [0.15, 0.2) is 16.7 Å². The van der Waals surface area contributed by atoms with Crippen molar-refractivity contribution in [1.29, 1.82) is 0 Å². The second-order valence-electron chi connectivity index (χ2n) is 4.61. The highest BCUT2D eigenvalue weighted by molar-refractivity contribution is 9.10. The second-order valence-corrected chi connectivity index (χ2v) is 5.91. The first-order chi connectivity index (χ1) is 8.22. The molecule has 1 aromatic rings. The van der Waals surface area contributed by atoms with Crippen LogP contribution in [0.4, 0.5) is 5.82 Å². The van der Waals surface area contributed by atoms with Gasteiger partial charge in [-0.2, -0.15) is 0 Å². The van der Waals surface area contributed by atoms with Gasteiger partial charge in [-0.25, -0.2) is 4.98 Å². The van der Waals surface area contributed by atoms with E-state index in [4.69, 9.17) is 11.6 Å². The molecule has 1 aromatic heterocycles. The van der Waals surface area contributed by atoms with Crippen LogP contribution in [0, 0.1) is 6.92 Å². The van der Waals surface area contributed by atoms with Gasteiger partial charge in [-0.1, -0.05) is 0 Å². The van der Waals surface area contributed by atoms with Crippen molar-refractivity contribution in [1.82, 2.24) is 4.98 Å². The summed E-state index contributed by atoms with van der Waals surface area (Å²) >= 11 is 9.25. The van der Waals surface area contributed by atoms with Crippen molar-refractivity contribution in [3.05, 3.63) is 22.3 Å². The van der Waals surface area contributed by atoms with Gasteiger partial charge in [0.05, 0.1) is 0 Å². The second kappa shape index (κ2) is 6.05. The molecule has 0 bridgehead atoms. The summed E-state index contributed by atoms with van der Waals surface area (Å²) in [4.78, 5) is 7.02. The first kappa shape index (κ1) is 13.2. The quantitative estimate of drug-likeness (QED) is 0.776. The van der Waals surface area contributed by atoms with E-state index in [9.17, 15) is 0 Å². The molecule has 2 nitrogen and oxygen atoms in total. The van der Waals surface area contributed by atoms with Crippen molar-refractivity contribution in [2.24, 2.45) is 0 Å². The van der Waals surface area contributed by atoms with Crippen molar-refractivity contribution in [3.8, 4) is 0 Å². The summed E-state index contributed by atoms with van der Waals surface area (Å²) in [6.07, 6.45) is 6.70. The molecule has 1 saturated heterocycles. The minimum atomic E-state index is 0.626. The highest BCUT2D eigenvalue weighted by Crippen LogP contribution is 2.30. The molecule has 0 saturated carbocycles. The summed E-state index contributed by atoms with van der Waals surface area (Å²) < 4.78 is 1.05. The van der Waals surface area contributed by atoms with Crippen LogP contribution in [0.25, 0.3) is 0 Å². The van der Waals surface area contributed by atoms with E-state index in [1.807, 2.05) is 6.20 Å². The van der Waals surface area contributed by atoms with E-state index in [2.05, 4.69) is 38.8 Å². The molecule has 94 valence electrons. The molecule has 4 heteroatoms. The molecule has 0 N–H and O–H groups in total. The average molecular weight is 318 g/mol. The van der Waals surface area contributed by atoms with E-state index in [0.29, 0.717) is 6.04 Å². The molecular formula is C13H18BrClN2. The van der Waals surface area contributed by atoms with Gasteiger partial charge in [-0.05, 0) is 60.2 Å². The lowest BCUT2D eigenvalue weighted by Crippen LogP contribution is -2.30. The Morgan fingerprint density at radius 2 is 2.41 bits per heavy atom. The summed E-state index contributed by atoms with van der Waals surface area (Å²) in [5.74, 6) is 1.90. The molecule has 0 amide bonds. The number of rotatable bonds is 4. The van der Waals surface area contributed by atoms with Gasteiger partial charge in [0.25, 0.3) is 0 Å². The maximum Gasteiger partial charge on any atom is 0.131 e. The fraction of sp³-hybridized carbons (Fsp3) is 0.615. The number of halogens is 2. The highest BCUT2D eigenvalue weighted by atomic mass is 79.9. The molecule has 0 aromatic carbocycles. The molecule has 1 fully saturated rings. The van der Waals surface area contributed by atoms with E-state index in [0.717, 1.165) is 29.1 Å². The van der Waals surface area contributed by atoms with Crippen molar-refractivity contribution >= 4 is 33.3 Å². The fourth-order valence-electron chi connectivity index (χ4n) is 2.56. The Kier molecular flexibility index (Phi) is 4.69. The number of alkyl halides is 1. The summed E-state index contributed by atoms with van der Waals surface area (Å²) in [5, 5.41) is 0. The number of aromatic nitrogens is 1. The van der Waals surface area contributed by atoms with Crippen LogP contribution in [-0.2, 0) is 0 Å². The molecule has 0 aliphatic carbocycles. The average Bonchev–Trinajstić information content (AvgIpc) is 2.74. The monoisotopic (exact) mass is 316 g/mol. The summed E-state index contributed by atoms with van der Waals surface area (Å²) in [5.41, 5.74) is 1.25. The van der Waals surface area contributed by atoms with E-state index in [-0.39, 0.29) is 0 Å². The number of hydrogen-bond donors (Lipinski definition) is 0. The van der Waals surface area contributed by atoms with Gasteiger partial charge >= 0.3 is 0 Å². The van der Waals surface area contributed by atoms with E-state index < -0.39 is 0 Å². The molecule has 17 heavy (non-hydrogen) atoms. The predicted molar refractivity (Wildman–Crippen MR) is 77.0 cm³/mol. The van der Waals surface area contributed by atoms with Gasteiger partial charge in [0.15, 0.2) is 0 Å². The number of hydrogen-bond acceptors (Lipinski definition) is 2. The lowest BCUT2D eigenvalue weighted by Gasteiger charge is -2.27. The number of anilines is 1. The SMILES string of the molecule is Cc1cc(Br)cnc1N1CCCC1CCCCl. The Balaban J connectivity index is 2.14. The van der Waals surface area contributed by atoms with Crippen LogP contribution in [-0.4, -0.2) is 23.5 Å². The van der Waals surface area contributed by atoms with Crippen molar-refractivity contribution in [2.45, 2.75) is 38.6 Å². The smallest absolute Gasteiger partial charge is 0.131 e. The normalized spacial score (nSPS) is 19.9. The predicted octanol–water partition coefficient (Wildman–Crippen LogP) is 4.14. The van der Waals surface area contributed by atoms with Crippen LogP contribution in [0.3, 0.4) is 0 Å². The van der Waals surface area contributed by atoms with Crippen LogP contribution in [0.2, 0.25) is 0 Å². The zero-order chi connectivity index (χ0) is 12.3. The third-order valence-corrected chi connectivity index (χ3v) is 4.04. The van der Waals surface area contributed by atoms with Crippen molar-refractivity contribution < 1.29 is 0 Å². The minimum Gasteiger partial charge on any atom is -0.353 e. The largest absolute Gasteiger partial charge is 0.353 e. The third kappa shape index (κ3) is 3.14. The molecule has 1 aliphatic rings. The van der Waals surface area contributed by atoms with Gasteiger partial charge < -0.3 is 4.90 Å². The van der Waals surface area contributed by atoms with E-state index in [1.165, 1.54) is 24.8 Å². The fourth-order valence-corrected chi connectivity index (χ4v) is 3.16. The Hall–Kier alpha value is -0.280. The van der Waals surface area contributed by atoms with Gasteiger partial charge in [0.1, 0.15) is 5.82 Å². The summed E-state index contributed by atoms with van der Waals surface area (Å²) in [7, 11) is 0. The number of pyridine rings is 1. The maximum absolute atomic E-state index is 5.79. The van der Waals surface area contributed by atoms with Gasteiger partial charge in [0, 0.05) is 29.1 Å². The zero-order valence-corrected chi connectivity index (χ0v) is 12.5. The Labute approximate surface area is 116 Å². The minimum absolute atomic E-state index is 0.626. The molecule has 2 rings (SSSR count). The highest BCUT2D eigenvalue weighted by Gasteiger charge is 2.26. The van der Waals surface area contributed by atoms with Gasteiger partial charge in [0.2, 0.25) is 0 Å². The lowest BCUT2D eigenvalue weighted by atomic mass is 10.1.